The Morgan fingerprint density at radius 3 is 2.73 bits per heavy atom. The minimum atomic E-state index is -0.0893. The van der Waals surface area contributed by atoms with Gasteiger partial charge in [-0.05, 0) is 36.1 Å². The zero-order valence-electron chi connectivity index (χ0n) is 19.3. The van der Waals surface area contributed by atoms with Crippen LogP contribution in [-0.4, -0.2) is 59.5 Å². The average Bonchev–Trinajstić information content (AvgIpc) is 3.35. The summed E-state index contributed by atoms with van der Waals surface area (Å²) in [4.78, 5) is 6.89. The number of nitrogens with zero attached hydrogens (tertiary/aromatic N) is 4. The zero-order chi connectivity index (χ0) is 22.8. The maximum atomic E-state index is 6.06. The van der Waals surface area contributed by atoms with Crippen LogP contribution in [0.4, 0.5) is 0 Å². The molecule has 0 bridgehead atoms. The van der Waals surface area contributed by atoms with Crippen LogP contribution in [-0.2, 0) is 11.2 Å². The first-order valence-corrected chi connectivity index (χ1v) is 11.7. The van der Waals surface area contributed by atoms with E-state index in [2.05, 4.69) is 50.5 Å². The van der Waals surface area contributed by atoms with Gasteiger partial charge in [-0.1, -0.05) is 23.9 Å². The van der Waals surface area contributed by atoms with Crippen molar-refractivity contribution >= 4 is 0 Å². The molecular formula is C26H31N5O2. The van der Waals surface area contributed by atoms with Gasteiger partial charge in [0.2, 0.25) is 0 Å². The van der Waals surface area contributed by atoms with Crippen LogP contribution in [0.5, 0.6) is 0 Å². The van der Waals surface area contributed by atoms with E-state index in [1.165, 1.54) is 0 Å². The summed E-state index contributed by atoms with van der Waals surface area (Å²) in [5.41, 5.74) is 8.88. The van der Waals surface area contributed by atoms with Crippen LogP contribution >= 0.6 is 0 Å². The first-order valence-electron chi connectivity index (χ1n) is 11.7. The summed E-state index contributed by atoms with van der Waals surface area (Å²) in [6.45, 7) is 6.66. The molecule has 1 aromatic carbocycles. The van der Waals surface area contributed by atoms with Gasteiger partial charge in [0, 0.05) is 75.2 Å². The standard InChI is InChI=1S/C26H31N5O2/c1-3-26-28-10-11-31(26)24(15-27)23-14-25(33-29-23)19-7-4-18(5-8-19)6-9-20-21-16-30(12-13-32-2)17-22(20)21/h4-5,7-8,10-11,14,20-22,24H,3,12-13,15-17,27H2,1-2H3/t20?,21-,22+,24-/m1/s1. The van der Waals surface area contributed by atoms with Crippen LogP contribution in [0, 0.1) is 29.6 Å². The molecule has 1 aliphatic carbocycles. The number of aryl methyl sites for hydroxylation is 1. The molecular weight excluding hydrogens is 414 g/mol. The molecule has 1 saturated heterocycles. The number of fused-ring (bicyclic) bond motifs is 1. The molecule has 4 atom stereocenters. The van der Waals surface area contributed by atoms with E-state index in [0.717, 1.165) is 72.9 Å². The molecule has 2 aliphatic rings. The molecule has 2 aromatic heterocycles. The minimum absolute atomic E-state index is 0.0893. The number of benzene rings is 1. The number of imidazole rings is 1. The lowest BCUT2D eigenvalue weighted by Gasteiger charge is -2.17. The molecule has 1 aliphatic heterocycles. The first kappa shape index (κ1) is 21.9. The predicted molar refractivity (Wildman–Crippen MR) is 126 cm³/mol. The topological polar surface area (TPSA) is 82.3 Å². The molecule has 172 valence electrons. The Labute approximate surface area is 194 Å². The number of hydrogen-bond donors (Lipinski definition) is 1. The maximum absolute atomic E-state index is 6.06. The molecule has 2 fully saturated rings. The van der Waals surface area contributed by atoms with E-state index in [1.54, 1.807) is 13.3 Å². The van der Waals surface area contributed by atoms with Crippen molar-refractivity contribution < 1.29 is 9.26 Å². The normalized spacial score (nSPS) is 22.6. The lowest BCUT2D eigenvalue weighted by atomic mass is 10.1. The minimum Gasteiger partial charge on any atom is -0.383 e. The highest BCUT2D eigenvalue weighted by molar-refractivity contribution is 5.59. The fourth-order valence-corrected chi connectivity index (χ4v) is 4.98. The van der Waals surface area contributed by atoms with E-state index in [0.29, 0.717) is 12.5 Å². The number of hydrogen-bond acceptors (Lipinski definition) is 6. The fourth-order valence-electron chi connectivity index (χ4n) is 4.98. The maximum Gasteiger partial charge on any atom is 0.167 e. The van der Waals surface area contributed by atoms with E-state index in [9.17, 15) is 0 Å². The van der Waals surface area contributed by atoms with Crippen molar-refractivity contribution in [3.63, 3.8) is 0 Å². The summed E-state index contributed by atoms with van der Waals surface area (Å²) < 4.78 is 12.9. The van der Waals surface area contributed by atoms with Crippen molar-refractivity contribution in [1.29, 1.82) is 0 Å². The van der Waals surface area contributed by atoms with E-state index in [-0.39, 0.29) is 6.04 Å². The predicted octanol–water partition coefficient (Wildman–Crippen LogP) is 2.82. The van der Waals surface area contributed by atoms with Gasteiger partial charge in [-0.2, -0.15) is 0 Å². The monoisotopic (exact) mass is 445 g/mol. The zero-order valence-corrected chi connectivity index (χ0v) is 19.3. The highest BCUT2D eigenvalue weighted by Gasteiger charge is 2.54. The van der Waals surface area contributed by atoms with Gasteiger partial charge in [-0.25, -0.2) is 4.98 Å². The number of piperidine rings is 1. The molecule has 0 radical (unpaired) electrons. The highest BCUT2D eigenvalue weighted by atomic mass is 16.5. The third-order valence-corrected chi connectivity index (χ3v) is 6.93. The average molecular weight is 446 g/mol. The number of nitrogens with two attached hydrogens (primary N) is 1. The van der Waals surface area contributed by atoms with Gasteiger partial charge in [-0.3, -0.25) is 0 Å². The van der Waals surface area contributed by atoms with Crippen LogP contribution in [0.25, 0.3) is 11.3 Å². The smallest absolute Gasteiger partial charge is 0.167 e. The fraction of sp³-hybridized carbons (Fsp3) is 0.462. The Bertz CT molecular complexity index is 1130. The first-order chi connectivity index (χ1) is 16.2. The van der Waals surface area contributed by atoms with Crippen molar-refractivity contribution in [3.05, 3.63) is 59.8 Å². The Morgan fingerprint density at radius 1 is 1.24 bits per heavy atom. The lowest BCUT2D eigenvalue weighted by Crippen LogP contribution is -2.27. The van der Waals surface area contributed by atoms with Crippen molar-refractivity contribution in [3.8, 4) is 23.2 Å². The largest absolute Gasteiger partial charge is 0.383 e. The number of methoxy groups -OCH3 is 1. The SMILES string of the molecule is CCc1nccn1[C@H](CN)c1cc(-c2ccc(C#CC3[C@H]4CN(CCOC)C[C@@H]34)cc2)on1. The van der Waals surface area contributed by atoms with Crippen LogP contribution in [0.2, 0.25) is 0 Å². The Balaban J connectivity index is 1.22. The van der Waals surface area contributed by atoms with Crippen molar-refractivity contribution in [2.24, 2.45) is 23.5 Å². The molecule has 1 saturated carbocycles. The molecule has 1 unspecified atom stereocenters. The third-order valence-electron chi connectivity index (χ3n) is 6.93. The van der Waals surface area contributed by atoms with Gasteiger partial charge in [0.1, 0.15) is 11.5 Å². The van der Waals surface area contributed by atoms with Crippen LogP contribution < -0.4 is 5.73 Å². The summed E-state index contributed by atoms with van der Waals surface area (Å²) in [7, 11) is 1.76. The summed E-state index contributed by atoms with van der Waals surface area (Å²) in [5, 5.41) is 4.30. The Morgan fingerprint density at radius 2 is 2.03 bits per heavy atom. The van der Waals surface area contributed by atoms with Gasteiger partial charge < -0.3 is 24.5 Å². The summed E-state index contributed by atoms with van der Waals surface area (Å²) in [5.74, 6) is 10.6. The number of likely N-dealkylation sites (tertiary alicyclic amines) is 1. The summed E-state index contributed by atoms with van der Waals surface area (Å²) in [6.07, 6.45) is 4.59. The van der Waals surface area contributed by atoms with Crippen LogP contribution in [0.1, 0.15) is 30.0 Å². The Hall–Kier alpha value is -2.92. The van der Waals surface area contributed by atoms with Gasteiger partial charge in [0.25, 0.3) is 0 Å². The van der Waals surface area contributed by atoms with Crippen molar-refractivity contribution in [2.45, 2.75) is 19.4 Å². The van der Waals surface area contributed by atoms with Crippen molar-refractivity contribution in [2.75, 3.05) is 39.9 Å². The number of ether oxygens (including phenoxy) is 1. The van der Waals surface area contributed by atoms with Gasteiger partial charge >= 0.3 is 0 Å². The quantitative estimate of drug-likeness (QED) is 0.537. The number of rotatable bonds is 8. The Kier molecular flexibility index (Phi) is 6.32. The van der Waals surface area contributed by atoms with E-state index >= 15 is 0 Å². The van der Waals surface area contributed by atoms with Crippen LogP contribution in [0.3, 0.4) is 0 Å². The molecule has 0 spiro atoms. The molecule has 3 aromatic rings. The van der Waals surface area contributed by atoms with Gasteiger partial charge in [0.15, 0.2) is 5.76 Å². The molecule has 0 amide bonds. The second-order valence-corrected chi connectivity index (χ2v) is 8.92. The molecule has 5 rings (SSSR count). The van der Waals surface area contributed by atoms with Gasteiger partial charge in [-0.15, -0.1) is 0 Å². The lowest BCUT2D eigenvalue weighted by molar-refractivity contribution is 0.153. The molecule has 33 heavy (non-hydrogen) atoms. The van der Waals surface area contributed by atoms with Crippen LogP contribution in [0.15, 0.2) is 47.2 Å². The van der Waals surface area contributed by atoms with Crippen molar-refractivity contribution in [1.82, 2.24) is 19.6 Å². The summed E-state index contributed by atoms with van der Waals surface area (Å²) in [6, 6.07) is 10.1. The van der Waals surface area contributed by atoms with E-state index < -0.39 is 0 Å². The van der Waals surface area contributed by atoms with Gasteiger partial charge in [0.05, 0.1) is 12.6 Å². The summed E-state index contributed by atoms with van der Waals surface area (Å²) >= 11 is 0. The second kappa shape index (κ2) is 9.52. The number of aromatic nitrogens is 3. The molecule has 3 heterocycles. The molecule has 7 heteroatoms. The van der Waals surface area contributed by atoms with E-state index in [4.69, 9.17) is 15.0 Å². The molecule has 2 N–H and O–H groups in total. The van der Waals surface area contributed by atoms with E-state index in [1.807, 2.05) is 24.4 Å². The highest BCUT2D eigenvalue weighted by Crippen LogP contribution is 2.51. The molecule has 7 nitrogen and oxygen atoms in total. The third kappa shape index (κ3) is 4.47. The second-order valence-electron chi connectivity index (χ2n) is 8.92.